The van der Waals surface area contributed by atoms with Gasteiger partial charge in [0.25, 0.3) is 0 Å². The lowest BCUT2D eigenvalue weighted by atomic mass is 10.2. The molecule has 0 spiro atoms. The third-order valence-corrected chi connectivity index (χ3v) is 3.78. The number of nitrogens with zero attached hydrogens (tertiary/aromatic N) is 1. The number of hydrogen-bond acceptors (Lipinski definition) is 5. The van der Waals surface area contributed by atoms with Gasteiger partial charge in [-0.25, -0.2) is 8.42 Å². The van der Waals surface area contributed by atoms with Crippen LogP contribution in [0.2, 0.25) is 0 Å². The summed E-state index contributed by atoms with van der Waals surface area (Å²) in [5, 5.41) is 3.66. The van der Waals surface area contributed by atoms with E-state index in [1.165, 1.54) is 0 Å². The molecule has 0 bridgehead atoms. The van der Waals surface area contributed by atoms with Crippen molar-refractivity contribution >= 4 is 21.4 Å². The normalized spacial score (nSPS) is 11.5. The van der Waals surface area contributed by atoms with Gasteiger partial charge in [0.15, 0.2) is 0 Å². The third kappa shape index (κ3) is 3.47. The van der Waals surface area contributed by atoms with Crippen LogP contribution in [0.4, 0.5) is 11.4 Å². The number of nitrogens with two attached hydrogens (primary N) is 1. The number of anilines is 2. The lowest BCUT2D eigenvalue weighted by Gasteiger charge is -2.08. The summed E-state index contributed by atoms with van der Waals surface area (Å²) in [5.74, 6) is 0.349. The molecule has 19 heavy (non-hydrogen) atoms. The molecule has 7 heteroatoms. The smallest absolute Gasteiger partial charge is 0.238 e. The Labute approximate surface area is 111 Å². The van der Waals surface area contributed by atoms with Gasteiger partial charge in [-0.3, -0.25) is 4.72 Å². The predicted molar refractivity (Wildman–Crippen MR) is 73.1 cm³/mol. The van der Waals surface area contributed by atoms with Gasteiger partial charge in [-0.15, -0.1) is 0 Å². The fourth-order valence-corrected chi connectivity index (χ4v) is 2.72. The van der Waals surface area contributed by atoms with Gasteiger partial charge in [-0.2, -0.15) is 0 Å². The number of sulfonamides is 1. The van der Waals surface area contributed by atoms with Gasteiger partial charge < -0.3 is 10.3 Å². The second-order valence-corrected chi connectivity index (χ2v) is 6.08. The van der Waals surface area contributed by atoms with E-state index in [-0.39, 0.29) is 5.75 Å². The summed E-state index contributed by atoms with van der Waals surface area (Å²) in [6.45, 7) is 3.52. The van der Waals surface area contributed by atoms with E-state index in [1.54, 1.807) is 31.2 Å². The van der Waals surface area contributed by atoms with Crippen molar-refractivity contribution in [3.8, 4) is 0 Å². The van der Waals surface area contributed by atoms with Gasteiger partial charge in [-0.05, 0) is 37.6 Å². The molecule has 0 aliphatic carbocycles. The maximum atomic E-state index is 12.0. The van der Waals surface area contributed by atoms with E-state index >= 15 is 0 Å². The fourth-order valence-electron chi connectivity index (χ4n) is 1.64. The highest BCUT2D eigenvalue weighted by atomic mass is 32.2. The Bertz CT molecular complexity index is 692. The molecule has 1 aromatic carbocycles. The summed E-state index contributed by atoms with van der Waals surface area (Å²) in [5.41, 5.74) is 7.97. The van der Waals surface area contributed by atoms with Gasteiger partial charge >= 0.3 is 0 Å². The highest BCUT2D eigenvalue weighted by molar-refractivity contribution is 7.91. The number of rotatable bonds is 4. The van der Waals surface area contributed by atoms with Crippen molar-refractivity contribution in [1.29, 1.82) is 0 Å². The quantitative estimate of drug-likeness (QED) is 0.833. The van der Waals surface area contributed by atoms with Gasteiger partial charge in [0, 0.05) is 17.4 Å². The molecule has 0 amide bonds. The van der Waals surface area contributed by atoms with Crippen LogP contribution in [0.1, 0.15) is 17.0 Å². The van der Waals surface area contributed by atoms with E-state index in [1.807, 2.05) is 6.92 Å². The van der Waals surface area contributed by atoms with E-state index in [2.05, 4.69) is 9.88 Å². The number of hydrogen-bond donors (Lipinski definition) is 2. The van der Waals surface area contributed by atoms with E-state index in [4.69, 9.17) is 10.3 Å². The molecule has 1 heterocycles. The van der Waals surface area contributed by atoms with E-state index in [9.17, 15) is 8.42 Å². The van der Waals surface area contributed by atoms with Crippen LogP contribution >= 0.6 is 0 Å². The standard InChI is InChI=1S/C12H15N3O3S/c1-8-5-10(3-4-12(8)13)15-19(16,17)7-11-6-9(2)18-14-11/h3-6,15H,7,13H2,1-2H3. The molecule has 0 aliphatic heterocycles. The van der Waals surface area contributed by atoms with E-state index < -0.39 is 10.0 Å². The number of aromatic nitrogens is 1. The Kier molecular flexibility index (Phi) is 3.48. The SMILES string of the molecule is Cc1cc(CS(=O)(=O)Nc2ccc(N)c(C)c2)no1. The minimum Gasteiger partial charge on any atom is -0.399 e. The van der Waals surface area contributed by atoms with Crippen LogP contribution in [0.25, 0.3) is 0 Å². The first-order chi connectivity index (χ1) is 8.85. The van der Waals surface area contributed by atoms with Crippen molar-refractivity contribution < 1.29 is 12.9 Å². The Morgan fingerprint density at radius 1 is 1.32 bits per heavy atom. The van der Waals surface area contributed by atoms with Crippen LogP contribution in [-0.2, 0) is 15.8 Å². The van der Waals surface area contributed by atoms with E-state index in [0.717, 1.165) is 5.56 Å². The molecule has 0 atom stereocenters. The molecule has 0 saturated heterocycles. The second-order valence-electron chi connectivity index (χ2n) is 4.36. The number of nitrogens with one attached hydrogen (secondary N) is 1. The molecule has 2 aromatic rings. The molecular weight excluding hydrogens is 266 g/mol. The van der Waals surface area contributed by atoms with Crippen molar-refractivity contribution in [3.05, 3.63) is 41.3 Å². The minimum absolute atomic E-state index is 0.228. The Balaban J connectivity index is 2.14. The van der Waals surface area contributed by atoms with Crippen molar-refractivity contribution in [2.75, 3.05) is 10.5 Å². The lowest BCUT2D eigenvalue weighted by Crippen LogP contribution is -2.15. The van der Waals surface area contributed by atoms with Gasteiger partial charge in [0.05, 0.1) is 0 Å². The van der Waals surface area contributed by atoms with Crippen molar-refractivity contribution in [2.24, 2.45) is 0 Å². The lowest BCUT2D eigenvalue weighted by molar-refractivity contribution is 0.392. The molecule has 2 rings (SSSR count). The van der Waals surface area contributed by atoms with Crippen molar-refractivity contribution in [3.63, 3.8) is 0 Å². The first-order valence-electron chi connectivity index (χ1n) is 5.64. The van der Waals surface area contributed by atoms with Crippen LogP contribution in [0.15, 0.2) is 28.8 Å². The monoisotopic (exact) mass is 281 g/mol. The highest BCUT2D eigenvalue weighted by Crippen LogP contribution is 2.18. The molecule has 6 nitrogen and oxygen atoms in total. The van der Waals surface area contributed by atoms with Crippen LogP contribution in [-0.4, -0.2) is 13.6 Å². The molecule has 3 N–H and O–H groups in total. The molecule has 0 fully saturated rings. The molecule has 102 valence electrons. The van der Waals surface area contributed by atoms with Gasteiger partial charge in [0.2, 0.25) is 10.0 Å². The largest absolute Gasteiger partial charge is 0.399 e. The maximum Gasteiger partial charge on any atom is 0.238 e. The van der Waals surface area contributed by atoms with Gasteiger partial charge in [0.1, 0.15) is 17.2 Å². The third-order valence-electron chi connectivity index (χ3n) is 2.56. The van der Waals surface area contributed by atoms with Crippen LogP contribution < -0.4 is 10.5 Å². The van der Waals surface area contributed by atoms with Crippen LogP contribution in [0, 0.1) is 13.8 Å². The number of benzene rings is 1. The van der Waals surface area contributed by atoms with Crippen LogP contribution in [0.5, 0.6) is 0 Å². The summed E-state index contributed by atoms with van der Waals surface area (Å²) in [6.07, 6.45) is 0. The molecule has 1 aromatic heterocycles. The second kappa shape index (κ2) is 4.93. The van der Waals surface area contributed by atoms with Crippen molar-refractivity contribution in [1.82, 2.24) is 5.16 Å². The molecule has 0 radical (unpaired) electrons. The highest BCUT2D eigenvalue weighted by Gasteiger charge is 2.15. The summed E-state index contributed by atoms with van der Waals surface area (Å²) in [7, 11) is -3.52. The predicted octanol–water partition coefficient (Wildman–Crippen LogP) is 1.82. The topological polar surface area (TPSA) is 98.2 Å². The average molecular weight is 281 g/mol. The van der Waals surface area contributed by atoms with E-state index in [0.29, 0.717) is 22.8 Å². The summed E-state index contributed by atoms with van der Waals surface area (Å²) in [4.78, 5) is 0. The fraction of sp³-hybridized carbons (Fsp3) is 0.250. The summed E-state index contributed by atoms with van der Waals surface area (Å²) < 4.78 is 31.2. The molecule has 0 unspecified atom stereocenters. The first kappa shape index (κ1) is 13.4. The number of aryl methyl sites for hydroxylation is 2. The zero-order valence-corrected chi connectivity index (χ0v) is 11.5. The van der Waals surface area contributed by atoms with Crippen LogP contribution in [0.3, 0.4) is 0 Å². The molecule has 0 saturated carbocycles. The zero-order chi connectivity index (χ0) is 14.0. The van der Waals surface area contributed by atoms with Gasteiger partial charge in [-0.1, -0.05) is 5.16 Å². The summed E-state index contributed by atoms with van der Waals surface area (Å²) in [6, 6.07) is 6.55. The summed E-state index contributed by atoms with van der Waals surface area (Å²) >= 11 is 0. The molecule has 0 aliphatic rings. The number of nitrogen functional groups attached to an aromatic ring is 1. The first-order valence-corrected chi connectivity index (χ1v) is 7.30. The molecular formula is C12H15N3O3S. The van der Waals surface area contributed by atoms with Crippen molar-refractivity contribution in [2.45, 2.75) is 19.6 Å². The Morgan fingerprint density at radius 3 is 2.63 bits per heavy atom. The minimum atomic E-state index is -3.52. The zero-order valence-electron chi connectivity index (χ0n) is 10.7. The maximum absolute atomic E-state index is 12.0. The Morgan fingerprint density at radius 2 is 2.05 bits per heavy atom. The Hall–Kier alpha value is -2.02. The average Bonchev–Trinajstić information content (AvgIpc) is 2.68.